The molecule has 0 saturated heterocycles. The molecule has 5 nitrogen and oxygen atoms in total. The van der Waals surface area contributed by atoms with Crippen LogP contribution < -0.4 is 10.1 Å². The van der Waals surface area contributed by atoms with E-state index in [9.17, 15) is 9.59 Å². The highest BCUT2D eigenvalue weighted by molar-refractivity contribution is 5.93. The Labute approximate surface area is 112 Å². The number of carbonyl (C=O) groups excluding carboxylic acids is 1. The van der Waals surface area contributed by atoms with Gasteiger partial charge in [-0.05, 0) is 43.0 Å². The Bertz CT molecular complexity index is 483. The highest BCUT2D eigenvalue weighted by atomic mass is 16.5. The standard InChI is InChI=1S/C14H19NO4/c1-9-7-12(19-3)10(2)6-11(9)4-5-15-13(16)8-14(17)18/h6-7H,4-5,8H2,1-3H3,(H,15,16)(H,17,18). The van der Waals surface area contributed by atoms with Crippen molar-refractivity contribution in [2.24, 2.45) is 0 Å². The molecule has 0 aromatic heterocycles. The van der Waals surface area contributed by atoms with Gasteiger partial charge >= 0.3 is 5.97 Å². The smallest absolute Gasteiger partial charge is 0.312 e. The van der Waals surface area contributed by atoms with Gasteiger partial charge in [-0.2, -0.15) is 0 Å². The van der Waals surface area contributed by atoms with Crippen molar-refractivity contribution >= 4 is 11.9 Å². The molecule has 19 heavy (non-hydrogen) atoms. The van der Waals surface area contributed by atoms with Crippen LogP contribution in [0.4, 0.5) is 0 Å². The Morgan fingerprint density at radius 2 is 1.95 bits per heavy atom. The normalized spacial score (nSPS) is 10.1. The van der Waals surface area contributed by atoms with E-state index < -0.39 is 18.3 Å². The van der Waals surface area contributed by atoms with E-state index in [0.29, 0.717) is 13.0 Å². The number of hydrogen-bond donors (Lipinski definition) is 2. The zero-order valence-electron chi connectivity index (χ0n) is 11.4. The van der Waals surface area contributed by atoms with Gasteiger partial charge in [-0.15, -0.1) is 0 Å². The largest absolute Gasteiger partial charge is 0.496 e. The van der Waals surface area contributed by atoms with Crippen LogP contribution in [-0.2, 0) is 16.0 Å². The molecule has 0 heterocycles. The summed E-state index contributed by atoms with van der Waals surface area (Å²) in [6.45, 7) is 4.37. The van der Waals surface area contributed by atoms with E-state index in [4.69, 9.17) is 9.84 Å². The maximum Gasteiger partial charge on any atom is 0.312 e. The van der Waals surface area contributed by atoms with Crippen molar-refractivity contribution in [2.75, 3.05) is 13.7 Å². The van der Waals surface area contributed by atoms with Crippen molar-refractivity contribution in [1.82, 2.24) is 5.32 Å². The van der Waals surface area contributed by atoms with Gasteiger partial charge in [0.05, 0.1) is 7.11 Å². The number of hydrogen-bond acceptors (Lipinski definition) is 3. The quantitative estimate of drug-likeness (QED) is 0.763. The Kier molecular flexibility index (Phi) is 5.36. The molecule has 0 aliphatic carbocycles. The Morgan fingerprint density at radius 1 is 1.26 bits per heavy atom. The lowest BCUT2D eigenvalue weighted by Gasteiger charge is -2.11. The molecule has 1 aromatic rings. The number of carboxylic acid groups (broad SMARTS) is 1. The molecule has 0 aliphatic rings. The minimum absolute atomic E-state index is 0.429. The Morgan fingerprint density at radius 3 is 2.53 bits per heavy atom. The van der Waals surface area contributed by atoms with E-state index in [2.05, 4.69) is 5.32 Å². The zero-order valence-corrected chi connectivity index (χ0v) is 11.4. The zero-order chi connectivity index (χ0) is 14.4. The van der Waals surface area contributed by atoms with Crippen LogP contribution in [-0.4, -0.2) is 30.6 Å². The van der Waals surface area contributed by atoms with Crippen LogP contribution in [0, 0.1) is 13.8 Å². The van der Waals surface area contributed by atoms with Gasteiger partial charge in [-0.1, -0.05) is 6.07 Å². The fourth-order valence-corrected chi connectivity index (χ4v) is 1.88. The Balaban J connectivity index is 2.56. The van der Waals surface area contributed by atoms with Gasteiger partial charge in [0.2, 0.25) is 5.91 Å². The molecule has 2 N–H and O–H groups in total. The van der Waals surface area contributed by atoms with Crippen LogP contribution >= 0.6 is 0 Å². The molecule has 0 spiro atoms. The van der Waals surface area contributed by atoms with E-state index in [1.165, 1.54) is 0 Å². The summed E-state index contributed by atoms with van der Waals surface area (Å²) in [7, 11) is 1.63. The SMILES string of the molecule is COc1cc(C)c(CCNC(=O)CC(=O)O)cc1C. The van der Waals surface area contributed by atoms with Crippen molar-refractivity contribution in [3.63, 3.8) is 0 Å². The number of nitrogens with one attached hydrogen (secondary N) is 1. The van der Waals surface area contributed by atoms with Gasteiger partial charge in [0.1, 0.15) is 12.2 Å². The van der Waals surface area contributed by atoms with Crippen molar-refractivity contribution < 1.29 is 19.4 Å². The molecule has 1 aromatic carbocycles. The first-order valence-electron chi connectivity index (χ1n) is 6.06. The maximum absolute atomic E-state index is 11.2. The summed E-state index contributed by atoms with van der Waals surface area (Å²) < 4.78 is 5.23. The molecular formula is C14H19NO4. The van der Waals surface area contributed by atoms with Crippen LogP contribution in [0.5, 0.6) is 5.75 Å². The van der Waals surface area contributed by atoms with Gasteiger partial charge in [0.15, 0.2) is 0 Å². The minimum atomic E-state index is -1.12. The number of carboxylic acids is 1. The number of ether oxygens (including phenoxy) is 1. The topological polar surface area (TPSA) is 75.6 Å². The summed E-state index contributed by atoms with van der Waals surface area (Å²) in [5, 5.41) is 11.1. The van der Waals surface area contributed by atoms with E-state index in [-0.39, 0.29) is 0 Å². The first-order chi connectivity index (χ1) is 8.93. The van der Waals surface area contributed by atoms with Crippen LogP contribution in [0.15, 0.2) is 12.1 Å². The predicted octanol–water partition coefficient (Wildman–Crippen LogP) is 1.45. The summed E-state index contributed by atoms with van der Waals surface area (Å²) in [5.74, 6) is -0.736. The molecule has 0 bridgehead atoms. The van der Waals surface area contributed by atoms with Gasteiger partial charge in [-0.25, -0.2) is 0 Å². The molecule has 0 unspecified atom stereocenters. The molecule has 0 aliphatic heterocycles. The summed E-state index contributed by atoms with van der Waals surface area (Å²) >= 11 is 0. The summed E-state index contributed by atoms with van der Waals surface area (Å²) in [6, 6.07) is 3.99. The third kappa shape index (κ3) is 4.62. The third-order valence-electron chi connectivity index (χ3n) is 2.88. The molecular weight excluding hydrogens is 246 g/mol. The van der Waals surface area contributed by atoms with Gasteiger partial charge in [0, 0.05) is 6.54 Å². The van der Waals surface area contributed by atoms with Gasteiger partial charge in [0.25, 0.3) is 0 Å². The average molecular weight is 265 g/mol. The van der Waals surface area contributed by atoms with Crippen LogP contribution in [0.3, 0.4) is 0 Å². The molecule has 0 saturated carbocycles. The molecule has 5 heteroatoms. The van der Waals surface area contributed by atoms with Gasteiger partial charge in [-0.3, -0.25) is 9.59 Å². The average Bonchev–Trinajstić information content (AvgIpc) is 2.32. The van der Waals surface area contributed by atoms with E-state index in [0.717, 1.165) is 22.4 Å². The van der Waals surface area contributed by atoms with Crippen LogP contribution in [0.25, 0.3) is 0 Å². The second-order valence-corrected chi connectivity index (χ2v) is 4.42. The lowest BCUT2D eigenvalue weighted by Crippen LogP contribution is -2.27. The molecule has 1 rings (SSSR count). The number of aliphatic carboxylic acids is 1. The van der Waals surface area contributed by atoms with Crippen molar-refractivity contribution in [3.05, 3.63) is 28.8 Å². The highest BCUT2D eigenvalue weighted by Gasteiger charge is 2.08. The summed E-state index contributed by atoms with van der Waals surface area (Å²) in [6.07, 6.45) is 0.183. The maximum atomic E-state index is 11.2. The lowest BCUT2D eigenvalue weighted by atomic mass is 10.0. The monoisotopic (exact) mass is 265 g/mol. The van der Waals surface area contributed by atoms with E-state index in [1.807, 2.05) is 26.0 Å². The molecule has 0 fully saturated rings. The van der Waals surface area contributed by atoms with Crippen LogP contribution in [0.2, 0.25) is 0 Å². The lowest BCUT2D eigenvalue weighted by molar-refractivity contribution is -0.140. The van der Waals surface area contributed by atoms with Crippen LogP contribution in [0.1, 0.15) is 23.1 Å². The summed E-state index contributed by atoms with van der Waals surface area (Å²) in [5.41, 5.74) is 3.25. The van der Waals surface area contributed by atoms with Crippen molar-refractivity contribution in [3.8, 4) is 5.75 Å². The number of rotatable bonds is 6. The minimum Gasteiger partial charge on any atom is -0.496 e. The van der Waals surface area contributed by atoms with Gasteiger partial charge < -0.3 is 15.2 Å². The molecule has 0 atom stereocenters. The fraction of sp³-hybridized carbons (Fsp3) is 0.429. The molecule has 1 amide bonds. The number of aryl methyl sites for hydroxylation is 2. The summed E-state index contributed by atoms with van der Waals surface area (Å²) in [4.78, 5) is 21.5. The second kappa shape index (κ2) is 6.78. The van der Waals surface area contributed by atoms with Crippen molar-refractivity contribution in [1.29, 1.82) is 0 Å². The predicted molar refractivity (Wildman–Crippen MR) is 71.4 cm³/mol. The Hall–Kier alpha value is -2.04. The molecule has 0 radical (unpaired) electrons. The second-order valence-electron chi connectivity index (χ2n) is 4.42. The van der Waals surface area contributed by atoms with E-state index in [1.54, 1.807) is 7.11 Å². The van der Waals surface area contributed by atoms with E-state index >= 15 is 0 Å². The fourth-order valence-electron chi connectivity index (χ4n) is 1.88. The van der Waals surface area contributed by atoms with Crippen molar-refractivity contribution in [2.45, 2.75) is 26.7 Å². The number of carbonyl (C=O) groups is 2. The first kappa shape index (κ1) is 15.0. The number of amides is 1. The number of methoxy groups -OCH3 is 1. The number of benzene rings is 1. The third-order valence-corrected chi connectivity index (χ3v) is 2.88. The molecule has 104 valence electrons. The first-order valence-corrected chi connectivity index (χ1v) is 6.06. The highest BCUT2D eigenvalue weighted by Crippen LogP contribution is 2.22.